The molecule has 1 fully saturated rings. The average Bonchev–Trinajstić information content (AvgIpc) is 2.93. The highest BCUT2D eigenvalue weighted by atomic mass is 15.2. The van der Waals surface area contributed by atoms with Crippen molar-refractivity contribution in [1.82, 2.24) is 15.1 Å². The maximum atomic E-state index is 3.74. The molecule has 1 aliphatic rings. The summed E-state index contributed by atoms with van der Waals surface area (Å²) in [6.45, 7) is 9.09. The first-order valence-electron chi connectivity index (χ1n) is 8.29. The monoisotopic (exact) mass is 289 g/mol. The van der Waals surface area contributed by atoms with Crippen LogP contribution >= 0.6 is 0 Å². The number of hydrogen-bond acceptors (Lipinski definition) is 3. The standard InChI is InChI=1S/C18H31N3/c1-5-11-19-18(17-9-7-6-8-15(17)2)14-21-12-10-16(13-21)20(3)4/h6-9,16,18-19H,5,10-14H2,1-4H3. The number of nitrogens with zero attached hydrogens (tertiary/aromatic N) is 2. The van der Waals surface area contributed by atoms with Crippen molar-refractivity contribution in [3.05, 3.63) is 35.4 Å². The molecule has 2 unspecified atom stereocenters. The van der Waals surface area contributed by atoms with Crippen LogP contribution in [0.2, 0.25) is 0 Å². The van der Waals surface area contributed by atoms with E-state index in [1.807, 2.05) is 0 Å². The molecule has 118 valence electrons. The van der Waals surface area contributed by atoms with Crippen LogP contribution in [0.3, 0.4) is 0 Å². The number of benzene rings is 1. The fourth-order valence-electron chi connectivity index (χ4n) is 3.23. The summed E-state index contributed by atoms with van der Waals surface area (Å²) in [7, 11) is 4.39. The van der Waals surface area contributed by atoms with Crippen molar-refractivity contribution >= 4 is 0 Å². The summed E-state index contributed by atoms with van der Waals surface area (Å²) in [4.78, 5) is 4.98. The zero-order chi connectivity index (χ0) is 15.2. The molecular formula is C18H31N3. The first-order valence-corrected chi connectivity index (χ1v) is 8.29. The van der Waals surface area contributed by atoms with E-state index in [1.165, 1.54) is 37.1 Å². The van der Waals surface area contributed by atoms with Gasteiger partial charge in [-0.1, -0.05) is 31.2 Å². The van der Waals surface area contributed by atoms with Gasteiger partial charge in [0.15, 0.2) is 0 Å². The SMILES string of the molecule is CCCNC(CN1CCC(N(C)C)C1)c1ccccc1C. The molecule has 3 nitrogen and oxygen atoms in total. The van der Waals surface area contributed by atoms with Crippen molar-refractivity contribution in [2.75, 3.05) is 40.3 Å². The maximum absolute atomic E-state index is 3.74. The predicted octanol–water partition coefficient (Wildman–Crippen LogP) is 2.67. The second-order valence-corrected chi connectivity index (χ2v) is 6.53. The quantitative estimate of drug-likeness (QED) is 0.832. The van der Waals surface area contributed by atoms with Crippen LogP contribution in [0.1, 0.15) is 36.9 Å². The number of likely N-dealkylation sites (N-methyl/N-ethyl adjacent to an activating group) is 1. The molecule has 1 saturated heterocycles. The lowest BCUT2D eigenvalue weighted by Gasteiger charge is -2.27. The summed E-state index contributed by atoms with van der Waals surface area (Å²) in [6, 6.07) is 9.97. The molecule has 0 saturated carbocycles. The normalized spacial score (nSPS) is 21.1. The van der Waals surface area contributed by atoms with Gasteiger partial charge in [-0.3, -0.25) is 4.90 Å². The Morgan fingerprint density at radius 3 is 2.71 bits per heavy atom. The molecule has 0 bridgehead atoms. The Balaban J connectivity index is 2.02. The summed E-state index contributed by atoms with van der Waals surface area (Å²) >= 11 is 0. The molecule has 2 rings (SSSR count). The van der Waals surface area contributed by atoms with E-state index < -0.39 is 0 Å². The van der Waals surface area contributed by atoms with Gasteiger partial charge >= 0.3 is 0 Å². The van der Waals surface area contributed by atoms with Crippen LogP contribution in [0.25, 0.3) is 0 Å². The Labute approximate surface area is 130 Å². The lowest BCUT2D eigenvalue weighted by molar-refractivity contribution is 0.250. The van der Waals surface area contributed by atoms with Crippen LogP contribution in [0, 0.1) is 6.92 Å². The topological polar surface area (TPSA) is 18.5 Å². The van der Waals surface area contributed by atoms with Gasteiger partial charge in [0.1, 0.15) is 0 Å². The van der Waals surface area contributed by atoms with E-state index in [2.05, 4.69) is 67.3 Å². The predicted molar refractivity (Wildman–Crippen MR) is 90.7 cm³/mol. The fraction of sp³-hybridized carbons (Fsp3) is 0.667. The van der Waals surface area contributed by atoms with Crippen molar-refractivity contribution in [1.29, 1.82) is 0 Å². The van der Waals surface area contributed by atoms with Gasteiger partial charge in [0.2, 0.25) is 0 Å². The van der Waals surface area contributed by atoms with Crippen LogP contribution in [-0.4, -0.2) is 56.1 Å². The van der Waals surface area contributed by atoms with E-state index in [0.29, 0.717) is 12.1 Å². The summed E-state index contributed by atoms with van der Waals surface area (Å²) in [6.07, 6.45) is 2.48. The summed E-state index contributed by atoms with van der Waals surface area (Å²) in [5.41, 5.74) is 2.86. The minimum absolute atomic E-state index is 0.451. The van der Waals surface area contributed by atoms with Crippen molar-refractivity contribution in [3.8, 4) is 0 Å². The number of rotatable bonds is 7. The Kier molecular flexibility index (Phi) is 6.22. The second-order valence-electron chi connectivity index (χ2n) is 6.53. The highest BCUT2D eigenvalue weighted by Crippen LogP contribution is 2.22. The highest BCUT2D eigenvalue weighted by molar-refractivity contribution is 5.29. The molecule has 0 amide bonds. The molecule has 3 heteroatoms. The van der Waals surface area contributed by atoms with Crippen LogP contribution in [0.5, 0.6) is 0 Å². The van der Waals surface area contributed by atoms with Gasteiger partial charge in [-0.05, 0) is 58.1 Å². The molecular weight excluding hydrogens is 258 g/mol. The molecule has 21 heavy (non-hydrogen) atoms. The van der Waals surface area contributed by atoms with Crippen molar-refractivity contribution in [2.24, 2.45) is 0 Å². The molecule has 0 radical (unpaired) electrons. The lowest BCUT2D eigenvalue weighted by Crippen LogP contribution is -2.37. The highest BCUT2D eigenvalue weighted by Gasteiger charge is 2.26. The summed E-state index contributed by atoms with van der Waals surface area (Å²) in [5, 5.41) is 3.74. The maximum Gasteiger partial charge on any atom is 0.0451 e. The lowest BCUT2D eigenvalue weighted by atomic mass is 10.0. The Bertz CT molecular complexity index is 430. The Morgan fingerprint density at radius 2 is 2.10 bits per heavy atom. The minimum atomic E-state index is 0.451. The van der Waals surface area contributed by atoms with Gasteiger partial charge in [0.05, 0.1) is 0 Å². The second kappa shape index (κ2) is 7.92. The zero-order valence-corrected chi connectivity index (χ0v) is 14.1. The van der Waals surface area contributed by atoms with Gasteiger partial charge < -0.3 is 10.2 Å². The van der Waals surface area contributed by atoms with Crippen molar-refractivity contribution < 1.29 is 0 Å². The molecule has 2 atom stereocenters. The van der Waals surface area contributed by atoms with E-state index in [0.717, 1.165) is 13.1 Å². The van der Waals surface area contributed by atoms with Crippen LogP contribution in [0.15, 0.2) is 24.3 Å². The van der Waals surface area contributed by atoms with Crippen LogP contribution in [0.4, 0.5) is 0 Å². The van der Waals surface area contributed by atoms with Gasteiger partial charge in [0.25, 0.3) is 0 Å². The molecule has 1 N–H and O–H groups in total. The Hall–Kier alpha value is -0.900. The van der Waals surface area contributed by atoms with Gasteiger partial charge in [-0.2, -0.15) is 0 Å². The zero-order valence-electron chi connectivity index (χ0n) is 14.1. The van der Waals surface area contributed by atoms with Crippen molar-refractivity contribution in [2.45, 2.75) is 38.8 Å². The molecule has 1 heterocycles. The van der Waals surface area contributed by atoms with Gasteiger partial charge in [0, 0.05) is 25.2 Å². The number of likely N-dealkylation sites (tertiary alicyclic amines) is 1. The molecule has 1 aromatic rings. The first-order chi connectivity index (χ1) is 10.1. The minimum Gasteiger partial charge on any atom is -0.309 e. The molecule has 0 aromatic heterocycles. The number of aryl methyl sites for hydroxylation is 1. The third kappa shape index (κ3) is 4.53. The van der Waals surface area contributed by atoms with Crippen LogP contribution in [-0.2, 0) is 0 Å². The summed E-state index contributed by atoms with van der Waals surface area (Å²) < 4.78 is 0. The number of hydrogen-bond donors (Lipinski definition) is 1. The van der Waals surface area contributed by atoms with Gasteiger partial charge in [-0.15, -0.1) is 0 Å². The fourth-order valence-corrected chi connectivity index (χ4v) is 3.23. The summed E-state index contributed by atoms with van der Waals surface area (Å²) in [5.74, 6) is 0. The van der Waals surface area contributed by atoms with E-state index in [1.54, 1.807) is 0 Å². The van der Waals surface area contributed by atoms with E-state index in [4.69, 9.17) is 0 Å². The van der Waals surface area contributed by atoms with E-state index in [-0.39, 0.29) is 0 Å². The molecule has 0 aliphatic carbocycles. The van der Waals surface area contributed by atoms with Gasteiger partial charge in [-0.25, -0.2) is 0 Å². The average molecular weight is 289 g/mol. The molecule has 1 aromatic carbocycles. The Morgan fingerprint density at radius 1 is 1.33 bits per heavy atom. The molecule has 1 aliphatic heterocycles. The number of nitrogens with one attached hydrogen (secondary N) is 1. The smallest absolute Gasteiger partial charge is 0.0451 e. The largest absolute Gasteiger partial charge is 0.309 e. The first kappa shape index (κ1) is 16.5. The third-order valence-electron chi connectivity index (χ3n) is 4.62. The van der Waals surface area contributed by atoms with E-state index in [9.17, 15) is 0 Å². The third-order valence-corrected chi connectivity index (χ3v) is 4.62. The van der Waals surface area contributed by atoms with Crippen LogP contribution < -0.4 is 5.32 Å². The van der Waals surface area contributed by atoms with E-state index >= 15 is 0 Å². The van der Waals surface area contributed by atoms with Crippen molar-refractivity contribution in [3.63, 3.8) is 0 Å². The molecule has 0 spiro atoms.